The predicted octanol–water partition coefficient (Wildman–Crippen LogP) is 1.16. The van der Waals surface area contributed by atoms with E-state index in [0.717, 1.165) is 19.3 Å². The molecule has 7 N–H and O–H groups in total. The number of hydrogen-bond donors (Lipinski definition) is 6. The van der Waals surface area contributed by atoms with Crippen LogP contribution in [0.25, 0.3) is 0 Å². The summed E-state index contributed by atoms with van der Waals surface area (Å²) in [5.41, 5.74) is 4.55. The summed E-state index contributed by atoms with van der Waals surface area (Å²) in [5.74, 6) is -0.530. The molecule has 0 saturated carbocycles. The summed E-state index contributed by atoms with van der Waals surface area (Å²) in [7, 11) is 0. The molecule has 174 valence electrons. The van der Waals surface area contributed by atoms with Crippen LogP contribution < -0.4 is 21.7 Å². The van der Waals surface area contributed by atoms with Gasteiger partial charge in [0.1, 0.15) is 5.60 Å². The minimum Gasteiger partial charge on any atom is -0.444 e. The third kappa shape index (κ3) is 16.6. The quantitative estimate of drug-likeness (QED) is 0.138. The van der Waals surface area contributed by atoms with Crippen LogP contribution in [0.3, 0.4) is 0 Å². The van der Waals surface area contributed by atoms with Gasteiger partial charge in [-0.15, -0.1) is 0 Å². The number of carbonyl (C=O) groups excluding carboxylic acids is 3. The van der Waals surface area contributed by atoms with Crippen molar-refractivity contribution in [3.63, 3.8) is 0 Å². The standard InChI is InChI=1S/C20H39N5O5/c1-5-6-7-8-17(27)24-13-15(26)11-14(25-19(29)30-20(2,3)4)12-18(28)23-10-9-16(21)22/h14-15,26H,5-13H2,1-4H3,(H3,21,22)(H,23,28)(H,24,27)(H,25,29)/t14-,15-/m1/s1. The van der Waals surface area contributed by atoms with Crippen molar-refractivity contribution in [2.75, 3.05) is 13.1 Å². The molecule has 30 heavy (non-hydrogen) atoms. The first-order valence-electron chi connectivity index (χ1n) is 10.5. The zero-order valence-corrected chi connectivity index (χ0v) is 18.7. The van der Waals surface area contributed by atoms with E-state index in [0.29, 0.717) is 6.42 Å². The summed E-state index contributed by atoms with van der Waals surface area (Å²) >= 11 is 0. The first-order chi connectivity index (χ1) is 13.9. The molecule has 0 fully saturated rings. The van der Waals surface area contributed by atoms with Gasteiger partial charge >= 0.3 is 6.09 Å². The number of aliphatic hydroxyl groups excluding tert-OH is 1. The number of amides is 3. The molecule has 0 aliphatic carbocycles. The van der Waals surface area contributed by atoms with Gasteiger partial charge < -0.3 is 31.5 Å². The number of aliphatic hydroxyl groups is 1. The number of nitrogens with two attached hydrogens (primary N) is 1. The molecule has 10 heteroatoms. The van der Waals surface area contributed by atoms with E-state index in [4.69, 9.17) is 15.9 Å². The molecule has 0 aromatic heterocycles. The smallest absolute Gasteiger partial charge is 0.407 e. The summed E-state index contributed by atoms with van der Waals surface area (Å²) in [4.78, 5) is 36.0. The zero-order chi connectivity index (χ0) is 23.2. The molecule has 0 aliphatic heterocycles. The molecule has 0 bridgehead atoms. The Bertz CT molecular complexity index is 562. The average molecular weight is 430 g/mol. The topological polar surface area (TPSA) is 167 Å². The highest BCUT2D eigenvalue weighted by Crippen LogP contribution is 2.09. The molecule has 0 spiro atoms. The second-order valence-corrected chi connectivity index (χ2v) is 8.32. The molecule has 3 amide bonds. The Morgan fingerprint density at radius 3 is 2.33 bits per heavy atom. The summed E-state index contributed by atoms with van der Waals surface area (Å²) in [6.45, 7) is 7.46. The van der Waals surface area contributed by atoms with Crippen molar-refractivity contribution in [3.05, 3.63) is 0 Å². The highest BCUT2D eigenvalue weighted by Gasteiger charge is 2.23. The van der Waals surface area contributed by atoms with E-state index in [1.165, 1.54) is 0 Å². The van der Waals surface area contributed by atoms with Gasteiger partial charge in [-0.2, -0.15) is 0 Å². The fraction of sp³-hybridized carbons (Fsp3) is 0.800. The maximum atomic E-state index is 12.1. The number of amidine groups is 1. The Kier molecular flexibility index (Phi) is 13.4. The lowest BCUT2D eigenvalue weighted by Gasteiger charge is -2.25. The highest BCUT2D eigenvalue weighted by atomic mass is 16.6. The van der Waals surface area contributed by atoms with Gasteiger partial charge in [-0.1, -0.05) is 19.8 Å². The number of carbonyl (C=O) groups is 3. The molecular formula is C20H39N5O5. The van der Waals surface area contributed by atoms with E-state index in [-0.39, 0.29) is 50.0 Å². The largest absolute Gasteiger partial charge is 0.444 e. The zero-order valence-electron chi connectivity index (χ0n) is 18.7. The molecule has 10 nitrogen and oxygen atoms in total. The number of unbranched alkanes of at least 4 members (excludes halogenated alkanes) is 2. The normalized spacial score (nSPS) is 13.1. The maximum Gasteiger partial charge on any atom is 0.407 e. The Labute approximate surface area is 179 Å². The molecule has 0 heterocycles. The summed E-state index contributed by atoms with van der Waals surface area (Å²) in [5, 5.41) is 25.3. The van der Waals surface area contributed by atoms with Crippen LogP contribution in [0.1, 0.15) is 72.6 Å². The van der Waals surface area contributed by atoms with E-state index in [2.05, 4.69) is 22.9 Å². The van der Waals surface area contributed by atoms with Gasteiger partial charge in [0, 0.05) is 38.4 Å². The van der Waals surface area contributed by atoms with Gasteiger partial charge in [0.2, 0.25) is 11.8 Å². The van der Waals surface area contributed by atoms with Gasteiger partial charge in [0.25, 0.3) is 0 Å². The fourth-order valence-corrected chi connectivity index (χ4v) is 2.57. The molecule has 0 aliphatic rings. The van der Waals surface area contributed by atoms with Gasteiger partial charge in [-0.25, -0.2) is 4.79 Å². The number of alkyl carbamates (subject to hydrolysis) is 1. The molecule has 0 radical (unpaired) electrons. The lowest BCUT2D eigenvalue weighted by molar-refractivity contribution is -0.123. The molecule has 0 unspecified atom stereocenters. The summed E-state index contributed by atoms with van der Waals surface area (Å²) in [6.07, 6.45) is 1.75. The predicted molar refractivity (Wildman–Crippen MR) is 115 cm³/mol. The first-order valence-corrected chi connectivity index (χ1v) is 10.5. The van der Waals surface area contributed by atoms with E-state index < -0.39 is 23.8 Å². The molecular weight excluding hydrogens is 390 g/mol. The summed E-state index contributed by atoms with van der Waals surface area (Å²) < 4.78 is 5.22. The van der Waals surface area contributed by atoms with Gasteiger partial charge in [-0.3, -0.25) is 15.0 Å². The van der Waals surface area contributed by atoms with Crippen LogP contribution in [-0.4, -0.2) is 59.7 Å². The maximum absolute atomic E-state index is 12.1. The molecule has 0 saturated heterocycles. The van der Waals surface area contributed by atoms with E-state index >= 15 is 0 Å². The van der Waals surface area contributed by atoms with Crippen LogP contribution in [-0.2, 0) is 14.3 Å². The second-order valence-electron chi connectivity index (χ2n) is 8.32. The Morgan fingerprint density at radius 2 is 1.77 bits per heavy atom. The number of rotatable bonds is 14. The number of hydrogen-bond acceptors (Lipinski definition) is 6. The molecule has 0 rings (SSSR count). The Balaban J connectivity index is 4.68. The van der Waals surface area contributed by atoms with Crippen LogP contribution >= 0.6 is 0 Å². The van der Waals surface area contributed by atoms with Gasteiger partial charge in [0.15, 0.2) is 0 Å². The van der Waals surface area contributed by atoms with Crippen molar-refractivity contribution in [3.8, 4) is 0 Å². The Hall–Kier alpha value is -2.36. The van der Waals surface area contributed by atoms with E-state index in [9.17, 15) is 19.5 Å². The number of ether oxygens (including phenoxy) is 1. The van der Waals surface area contributed by atoms with Crippen molar-refractivity contribution < 1.29 is 24.2 Å². The lowest BCUT2D eigenvalue weighted by atomic mass is 10.1. The van der Waals surface area contributed by atoms with Crippen LogP contribution in [0.15, 0.2) is 0 Å². The van der Waals surface area contributed by atoms with E-state index in [1.54, 1.807) is 20.8 Å². The van der Waals surface area contributed by atoms with Crippen LogP contribution in [0, 0.1) is 5.41 Å². The molecule has 2 atom stereocenters. The highest BCUT2D eigenvalue weighted by molar-refractivity contribution is 5.80. The summed E-state index contributed by atoms with van der Waals surface area (Å²) in [6, 6.07) is -0.691. The average Bonchev–Trinajstić information content (AvgIpc) is 2.58. The third-order valence-corrected chi connectivity index (χ3v) is 3.97. The van der Waals surface area contributed by atoms with Crippen LogP contribution in [0.4, 0.5) is 4.79 Å². The molecule has 0 aromatic rings. The van der Waals surface area contributed by atoms with Crippen LogP contribution in [0.5, 0.6) is 0 Å². The van der Waals surface area contributed by atoms with Gasteiger partial charge in [-0.05, 0) is 33.6 Å². The van der Waals surface area contributed by atoms with Crippen LogP contribution in [0.2, 0.25) is 0 Å². The van der Waals surface area contributed by atoms with E-state index in [1.807, 2.05) is 0 Å². The fourth-order valence-electron chi connectivity index (χ4n) is 2.57. The minimum absolute atomic E-state index is 0.0312. The Morgan fingerprint density at radius 1 is 1.10 bits per heavy atom. The van der Waals surface area contributed by atoms with Crippen molar-refractivity contribution in [2.24, 2.45) is 5.73 Å². The third-order valence-electron chi connectivity index (χ3n) is 3.97. The van der Waals surface area contributed by atoms with Crippen molar-refractivity contribution in [1.82, 2.24) is 16.0 Å². The monoisotopic (exact) mass is 429 g/mol. The van der Waals surface area contributed by atoms with Crippen molar-refractivity contribution in [1.29, 1.82) is 5.41 Å². The number of nitrogens with one attached hydrogen (secondary N) is 4. The SMILES string of the molecule is CCCCCC(=O)NC[C@H](O)C[C@H](CC(=O)NCCC(=N)N)NC(=O)OC(C)(C)C. The molecule has 0 aromatic carbocycles. The lowest BCUT2D eigenvalue weighted by Crippen LogP contribution is -2.45. The first kappa shape index (κ1) is 27.6. The van der Waals surface area contributed by atoms with Gasteiger partial charge in [0.05, 0.1) is 11.9 Å². The minimum atomic E-state index is -0.940. The second kappa shape index (κ2) is 14.6. The van der Waals surface area contributed by atoms with Crippen molar-refractivity contribution in [2.45, 2.75) is 90.4 Å². The van der Waals surface area contributed by atoms with Crippen molar-refractivity contribution >= 4 is 23.7 Å².